The fourth-order valence-corrected chi connectivity index (χ4v) is 2.52. The molecule has 0 atom stereocenters. The highest BCUT2D eigenvalue weighted by molar-refractivity contribution is 9.10. The monoisotopic (exact) mass is 328 g/mol. The summed E-state index contributed by atoms with van der Waals surface area (Å²) in [6.45, 7) is 7.58. The van der Waals surface area contributed by atoms with Gasteiger partial charge in [-0.3, -0.25) is 0 Å². The van der Waals surface area contributed by atoms with Gasteiger partial charge in [-0.25, -0.2) is 0 Å². The maximum absolute atomic E-state index is 5.27. The quantitative estimate of drug-likeness (QED) is 0.720. The zero-order valence-electron chi connectivity index (χ0n) is 12.3. The summed E-state index contributed by atoms with van der Waals surface area (Å²) in [6, 6.07) is 6.30. The minimum absolute atomic E-state index is 0.106. The number of benzene rings is 1. The van der Waals surface area contributed by atoms with E-state index in [1.54, 1.807) is 7.11 Å². The van der Waals surface area contributed by atoms with Crippen LogP contribution in [0.25, 0.3) is 0 Å². The van der Waals surface area contributed by atoms with Crippen molar-refractivity contribution < 1.29 is 4.74 Å². The molecule has 0 saturated carbocycles. The lowest BCUT2D eigenvalue weighted by atomic mass is 9.84. The molecule has 0 aromatic heterocycles. The Bertz CT molecular complexity index is 394. The van der Waals surface area contributed by atoms with Crippen molar-refractivity contribution in [2.45, 2.75) is 25.7 Å². The number of hydrogen-bond donors (Lipinski definition) is 2. The smallest absolute Gasteiger partial charge is 0.133 e. The average molecular weight is 329 g/mol. The third-order valence-corrected chi connectivity index (χ3v) is 3.90. The van der Waals surface area contributed by atoms with E-state index in [1.165, 1.54) is 5.56 Å². The van der Waals surface area contributed by atoms with Crippen LogP contribution in [0.4, 0.5) is 0 Å². The Hall–Kier alpha value is -0.580. The molecule has 1 rings (SSSR count). The number of rotatable bonds is 8. The first-order chi connectivity index (χ1) is 9.01. The highest BCUT2D eigenvalue weighted by Crippen LogP contribution is 2.31. The Labute approximate surface area is 125 Å². The fourth-order valence-electron chi connectivity index (χ4n) is 1.98. The van der Waals surface area contributed by atoms with Crippen molar-refractivity contribution in [3.05, 3.63) is 28.2 Å². The van der Waals surface area contributed by atoms with E-state index in [-0.39, 0.29) is 5.41 Å². The second-order valence-electron chi connectivity index (χ2n) is 5.37. The van der Waals surface area contributed by atoms with Crippen LogP contribution in [0.1, 0.15) is 25.8 Å². The topological polar surface area (TPSA) is 33.3 Å². The normalized spacial score (nSPS) is 11.6. The standard InChI is InChI=1S/C15H25BrN2O/c1-15(2,11-18-9-5-8-17-3)12-6-7-14(19-4)13(16)10-12/h6-7,10,17-18H,5,8-9,11H2,1-4H3. The molecule has 1 aromatic rings. The zero-order valence-corrected chi connectivity index (χ0v) is 13.9. The minimum Gasteiger partial charge on any atom is -0.496 e. The van der Waals surface area contributed by atoms with Crippen molar-refractivity contribution in [3.63, 3.8) is 0 Å². The van der Waals surface area contributed by atoms with E-state index in [0.717, 1.165) is 36.3 Å². The zero-order chi connectivity index (χ0) is 14.3. The Kier molecular flexibility index (Phi) is 6.83. The van der Waals surface area contributed by atoms with Crippen molar-refractivity contribution in [1.82, 2.24) is 10.6 Å². The summed E-state index contributed by atoms with van der Waals surface area (Å²) in [7, 11) is 3.67. The van der Waals surface area contributed by atoms with Gasteiger partial charge in [-0.15, -0.1) is 0 Å². The van der Waals surface area contributed by atoms with Gasteiger partial charge >= 0.3 is 0 Å². The lowest BCUT2D eigenvalue weighted by Gasteiger charge is -2.26. The van der Waals surface area contributed by atoms with Crippen molar-refractivity contribution in [2.24, 2.45) is 0 Å². The van der Waals surface area contributed by atoms with E-state index in [0.29, 0.717) is 0 Å². The molecule has 2 N–H and O–H groups in total. The van der Waals surface area contributed by atoms with E-state index >= 15 is 0 Å². The first kappa shape index (κ1) is 16.5. The fraction of sp³-hybridized carbons (Fsp3) is 0.600. The molecule has 0 spiro atoms. The summed E-state index contributed by atoms with van der Waals surface area (Å²) >= 11 is 3.55. The molecule has 0 aliphatic carbocycles. The van der Waals surface area contributed by atoms with Crippen molar-refractivity contribution in [2.75, 3.05) is 33.8 Å². The molecule has 0 fully saturated rings. The van der Waals surface area contributed by atoms with E-state index in [9.17, 15) is 0 Å². The van der Waals surface area contributed by atoms with Gasteiger partial charge in [0.15, 0.2) is 0 Å². The van der Waals surface area contributed by atoms with Crippen LogP contribution in [-0.4, -0.2) is 33.8 Å². The summed E-state index contributed by atoms with van der Waals surface area (Å²) in [5.41, 5.74) is 1.41. The Morgan fingerprint density at radius 1 is 1.26 bits per heavy atom. The van der Waals surface area contributed by atoms with Crippen LogP contribution < -0.4 is 15.4 Å². The van der Waals surface area contributed by atoms with Gasteiger partial charge in [-0.1, -0.05) is 19.9 Å². The molecule has 0 bridgehead atoms. The van der Waals surface area contributed by atoms with E-state index in [2.05, 4.69) is 52.5 Å². The summed E-state index contributed by atoms with van der Waals surface area (Å²) in [4.78, 5) is 0. The molecule has 0 radical (unpaired) electrons. The Morgan fingerprint density at radius 2 is 2.00 bits per heavy atom. The second-order valence-corrected chi connectivity index (χ2v) is 6.22. The van der Waals surface area contributed by atoms with Crippen LogP contribution in [0.15, 0.2) is 22.7 Å². The van der Waals surface area contributed by atoms with E-state index < -0.39 is 0 Å². The van der Waals surface area contributed by atoms with Gasteiger partial charge < -0.3 is 15.4 Å². The third kappa shape index (κ3) is 5.13. The molecular weight excluding hydrogens is 304 g/mol. The molecule has 4 heteroatoms. The SMILES string of the molecule is CNCCCNCC(C)(C)c1ccc(OC)c(Br)c1. The molecule has 19 heavy (non-hydrogen) atoms. The molecule has 0 aliphatic rings. The van der Waals surface area contributed by atoms with E-state index in [4.69, 9.17) is 4.74 Å². The molecule has 1 aromatic carbocycles. The average Bonchev–Trinajstić information content (AvgIpc) is 2.38. The predicted octanol–water partition coefficient (Wildman–Crippen LogP) is 2.93. The molecule has 108 valence electrons. The van der Waals surface area contributed by atoms with Gasteiger partial charge in [-0.05, 0) is 60.2 Å². The van der Waals surface area contributed by atoms with Gasteiger partial charge in [0.05, 0.1) is 11.6 Å². The van der Waals surface area contributed by atoms with Gasteiger partial charge in [0.2, 0.25) is 0 Å². The third-order valence-electron chi connectivity index (χ3n) is 3.28. The van der Waals surface area contributed by atoms with Gasteiger partial charge in [0.1, 0.15) is 5.75 Å². The van der Waals surface area contributed by atoms with Crippen molar-refractivity contribution in [1.29, 1.82) is 0 Å². The Morgan fingerprint density at radius 3 is 2.58 bits per heavy atom. The van der Waals surface area contributed by atoms with Gasteiger partial charge in [0.25, 0.3) is 0 Å². The number of halogens is 1. The van der Waals surface area contributed by atoms with Crippen LogP contribution in [0.2, 0.25) is 0 Å². The number of hydrogen-bond acceptors (Lipinski definition) is 3. The van der Waals surface area contributed by atoms with Crippen LogP contribution in [-0.2, 0) is 5.41 Å². The second kappa shape index (κ2) is 7.88. The molecule has 3 nitrogen and oxygen atoms in total. The summed E-state index contributed by atoms with van der Waals surface area (Å²) in [5, 5.41) is 6.68. The molecule has 0 aliphatic heterocycles. The largest absolute Gasteiger partial charge is 0.496 e. The number of ether oxygens (including phenoxy) is 1. The van der Waals surface area contributed by atoms with Gasteiger partial charge in [0, 0.05) is 12.0 Å². The number of nitrogens with one attached hydrogen (secondary N) is 2. The highest BCUT2D eigenvalue weighted by Gasteiger charge is 2.21. The lowest BCUT2D eigenvalue weighted by molar-refractivity contribution is 0.410. The van der Waals surface area contributed by atoms with E-state index in [1.807, 2.05) is 13.1 Å². The predicted molar refractivity (Wildman–Crippen MR) is 85.1 cm³/mol. The summed E-state index contributed by atoms with van der Waals surface area (Å²) in [6.07, 6.45) is 1.15. The van der Waals surface area contributed by atoms with Crippen LogP contribution in [0.3, 0.4) is 0 Å². The van der Waals surface area contributed by atoms with Gasteiger partial charge in [-0.2, -0.15) is 0 Å². The van der Waals surface area contributed by atoms with Crippen molar-refractivity contribution >= 4 is 15.9 Å². The first-order valence-electron chi connectivity index (χ1n) is 6.70. The minimum atomic E-state index is 0.106. The molecular formula is C15H25BrN2O. The van der Waals surface area contributed by atoms with Crippen LogP contribution >= 0.6 is 15.9 Å². The maximum Gasteiger partial charge on any atom is 0.133 e. The molecule has 0 heterocycles. The van der Waals surface area contributed by atoms with Crippen LogP contribution in [0, 0.1) is 0 Å². The lowest BCUT2D eigenvalue weighted by Crippen LogP contribution is -2.34. The molecule has 0 amide bonds. The number of methoxy groups -OCH3 is 1. The van der Waals surface area contributed by atoms with Crippen LogP contribution in [0.5, 0.6) is 5.75 Å². The molecule has 0 saturated heterocycles. The van der Waals surface area contributed by atoms with Crippen molar-refractivity contribution in [3.8, 4) is 5.75 Å². The summed E-state index contributed by atoms with van der Waals surface area (Å²) < 4.78 is 6.28. The maximum atomic E-state index is 5.27. The molecule has 0 unspecified atom stereocenters. The first-order valence-corrected chi connectivity index (χ1v) is 7.50. The Balaban J connectivity index is 2.58. The highest BCUT2D eigenvalue weighted by atomic mass is 79.9. The summed E-state index contributed by atoms with van der Waals surface area (Å²) in [5.74, 6) is 0.876.